The number of hydrogen-bond acceptors (Lipinski definition) is 3. The van der Waals surface area contributed by atoms with Crippen molar-refractivity contribution >= 4 is 11.9 Å². The van der Waals surface area contributed by atoms with Gasteiger partial charge >= 0.3 is 11.9 Å². The molecule has 3 nitrogen and oxygen atoms in total. The lowest BCUT2D eigenvalue weighted by atomic mass is 9.94. The molecule has 1 atom stereocenters. The summed E-state index contributed by atoms with van der Waals surface area (Å²) in [5.74, 6) is -0.608. The summed E-state index contributed by atoms with van der Waals surface area (Å²) in [7, 11) is 0. The smallest absolute Gasteiger partial charge is 0.316 e. The van der Waals surface area contributed by atoms with E-state index < -0.39 is 0 Å². The third kappa shape index (κ3) is 46.1. The van der Waals surface area contributed by atoms with E-state index in [1.54, 1.807) is 0 Å². The summed E-state index contributed by atoms with van der Waals surface area (Å²) in [5, 5.41) is 0. The van der Waals surface area contributed by atoms with E-state index in [4.69, 9.17) is 4.74 Å². The molecule has 3 heteroatoms. The van der Waals surface area contributed by atoms with Gasteiger partial charge in [0.2, 0.25) is 0 Å². The Balaban J connectivity index is 4.18. The molecule has 340 valence electrons. The maximum atomic E-state index is 13.2. The molecule has 0 aliphatic heterocycles. The van der Waals surface area contributed by atoms with Gasteiger partial charge in [-0.15, -0.1) is 0 Å². The van der Waals surface area contributed by atoms with Gasteiger partial charge in [0, 0.05) is 6.42 Å². The van der Waals surface area contributed by atoms with Crippen molar-refractivity contribution < 1.29 is 14.3 Å². The number of esters is 2. The van der Waals surface area contributed by atoms with Crippen molar-refractivity contribution in [2.45, 2.75) is 329 Å². The first kappa shape index (κ1) is 56.1. The van der Waals surface area contributed by atoms with Crippen LogP contribution >= 0.6 is 0 Å². The second kappa shape index (κ2) is 49.5. The number of hydrogen-bond donors (Lipinski definition) is 0. The largest absolute Gasteiger partial charge is 0.393 e. The van der Waals surface area contributed by atoms with Crippen LogP contribution in [0.25, 0.3) is 0 Å². The van der Waals surface area contributed by atoms with Crippen molar-refractivity contribution in [1.82, 2.24) is 0 Å². The highest BCUT2D eigenvalue weighted by atomic mass is 16.6. The fraction of sp³-hybridized carbons (Fsp3) is 0.963. The molecular formula is C54H106O3. The molecule has 0 aliphatic carbocycles. The van der Waals surface area contributed by atoms with E-state index in [1.165, 1.54) is 263 Å². The van der Waals surface area contributed by atoms with Crippen LogP contribution in [0.5, 0.6) is 0 Å². The van der Waals surface area contributed by atoms with Gasteiger partial charge in [-0.25, -0.2) is 0 Å². The third-order valence-corrected chi connectivity index (χ3v) is 12.8. The van der Waals surface area contributed by atoms with Crippen molar-refractivity contribution in [2.75, 3.05) is 0 Å². The lowest BCUT2D eigenvalue weighted by molar-refractivity contribution is -0.163. The van der Waals surface area contributed by atoms with Crippen LogP contribution < -0.4 is 0 Å². The van der Waals surface area contributed by atoms with Crippen molar-refractivity contribution in [3.8, 4) is 0 Å². The van der Waals surface area contributed by atoms with E-state index in [9.17, 15) is 9.59 Å². The van der Waals surface area contributed by atoms with Gasteiger partial charge in [0.1, 0.15) is 0 Å². The first-order valence-corrected chi connectivity index (χ1v) is 26.9. The molecule has 0 radical (unpaired) electrons. The normalized spacial score (nSPS) is 12.1. The molecule has 57 heavy (non-hydrogen) atoms. The molecule has 0 aliphatic rings. The van der Waals surface area contributed by atoms with E-state index in [0.29, 0.717) is 6.42 Å². The van der Waals surface area contributed by atoms with Gasteiger partial charge < -0.3 is 4.74 Å². The number of carbonyl (C=O) groups is 2. The number of unbranched alkanes of at least 4 members (excludes halogenated alkanes) is 42. The van der Waals surface area contributed by atoms with E-state index in [0.717, 1.165) is 38.5 Å². The summed E-state index contributed by atoms with van der Waals surface area (Å²) >= 11 is 0. The second-order valence-electron chi connectivity index (χ2n) is 18.7. The van der Waals surface area contributed by atoms with Crippen LogP contribution in [0.4, 0.5) is 0 Å². The zero-order chi connectivity index (χ0) is 41.4. The van der Waals surface area contributed by atoms with Gasteiger partial charge in [0.15, 0.2) is 0 Å². The summed E-state index contributed by atoms with van der Waals surface area (Å²) in [5.41, 5.74) is 0. The Hall–Kier alpha value is -0.860. The molecule has 0 N–H and O–H groups in total. The second-order valence-corrected chi connectivity index (χ2v) is 18.7. The molecular weight excluding hydrogens is 697 g/mol. The first-order valence-electron chi connectivity index (χ1n) is 26.9. The van der Waals surface area contributed by atoms with Crippen LogP contribution in [-0.4, -0.2) is 11.9 Å². The van der Waals surface area contributed by atoms with Gasteiger partial charge in [-0.05, 0) is 19.3 Å². The standard InChI is InChI=1S/C54H106O3/c1-4-7-10-13-16-19-22-25-28-30-32-35-38-41-44-47-50-52(49-46-43-40-37-34-31-27-24-21-18-15-12-9-6-3)54(56)57-53(55)51-48-45-42-39-36-33-29-26-23-20-17-14-11-8-5-2/h52H,4-51H2,1-3H3/t52-/m0/s1. The summed E-state index contributed by atoms with van der Waals surface area (Å²) in [6.45, 7) is 6.87. The molecule has 0 bridgehead atoms. The summed E-state index contributed by atoms with van der Waals surface area (Å²) in [6.07, 6.45) is 62.5. The number of carbonyl (C=O) groups excluding carboxylic acids is 2. The van der Waals surface area contributed by atoms with E-state index in [1.807, 2.05) is 0 Å². The summed E-state index contributed by atoms with van der Waals surface area (Å²) in [4.78, 5) is 25.9. The average molecular weight is 803 g/mol. The summed E-state index contributed by atoms with van der Waals surface area (Å²) < 4.78 is 5.50. The summed E-state index contributed by atoms with van der Waals surface area (Å²) in [6, 6.07) is 0. The Bertz CT molecular complexity index is 777. The van der Waals surface area contributed by atoms with Crippen molar-refractivity contribution in [1.29, 1.82) is 0 Å². The van der Waals surface area contributed by atoms with Gasteiger partial charge in [0.05, 0.1) is 5.92 Å². The molecule has 0 spiro atoms. The SMILES string of the molecule is CCCCCCCCCCCCCCCCCC[C@H](CCCCCCCCCCCCCCCC)C(=O)OC(=O)CCCCCCCCCCCCCCCCC. The maximum Gasteiger partial charge on any atom is 0.316 e. The lowest BCUT2D eigenvalue weighted by Crippen LogP contribution is -2.21. The first-order chi connectivity index (χ1) is 28.2. The highest BCUT2D eigenvalue weighted by Crippen LogP contribution is 2.23. The molecule has 0 fully saturated rings. The molecule has 0 saturated carbocycles. The molecule has 0 saturated heterocycles. The molecule has 0 aromatic rings. The topological polar surface area (TPSA) is 43.4 Å². The highest BCUT2D eigenvalue weighted by molar-refractivity contribution is 5.86. The zero-order valence-electron chi connectivity index (χ0n) is 39.7. The number of rotatable bonds is 49. The fourth-order valence-corrected chi connectivity index (χ4v) is 8.79. The van der Waals surface area contributed by atoms with Gasteiger partial charge in [0.25, 0.3) is 0 Å². The monoisotopic (exact) mass is 803 g/mol. The van der Waals surface area contributed by atoms with Crippen LogP contribution in [0, 0.1) is 5.92 Å². The van der Waals surface area contributed by atoms with Gasteiger partial charge in [-0.1, -0.05) is 303 Å². The van der Waals surface area contributed by atoms with Crippen molar-refractivity contribution in [3.05, 3.63) is 0 Å². The zero-order valence-corrected chi connectivity index (χ0v) is 39.7. The van der Waals surface area contributed by atoms with E-state index in [-0.39, 0.29) is 17.9 Å². The highest BCUT2D eigenvalue weighted by Gasteiger charge is 2.22. The minimum absolute atomic E-state index is 0.0982. The Morgan fingerprint density at radius 3 is 0.702 bits per heavy atom. The quantitative estimate of drug-likeness (QED) is 0.0350. The Morgan fingerprint density at radius 2 is 0.474 bits per heavy atom. The maximum absolute atomic E-state index is 13.2. The Labute approximate surface area is 360 Å². The minimum atomic E-state index is -0.285. The Morgan fingerprint density at radius 1 is 0.281 bits per heavy atom. The van der Waals surface area contributed by atoms with Crippen molar-refractivity contribution in [2.24, 2.45) is 5.92 Å². The molecule has 0 aromatic carbocycles. The average Bonchev–Trinajstić information content (AvgIpc) is 3.21. The molecule has 0 unspecified atom stereocenters. The third-order valence-electron chi connectivity index (χ3n) is 12.8. The van der Waals surface area contributed by atoms with Gasteiger partial charge in [-0.3, -0.25) is 9.59 Å². The van der Waals surface area contributed by atoms with Gasteiger partial charge in [-0.2, -0.15) is 0 Å². The fourth-order valence-electron chi connectivity index (χ4n) is 8.79. The molecule has 0 aromatic heterocycles. The van der Waals surface area contributed by atoms with Crippen LogP contribution in [0.1, 0.15) is 329 Å². The van der Waals surface area contributed by atoms with Crippen LogP contribution in [0.2, 0.25) is 0 Å². The Kier molecular flexibility index (Phi) is 48.8. The molecule has 0 rings (SSSR count). The predicted molar refractivity (Wildman–Crippen MR) is 253 cm³/mol. The number of ether oxygens (including phenoxy) is 1. The van der Waals surface area contributed by atoms with Crippen LogP contribution in [0.15, 0.2) is 0 Å². The van der Waals surface area contributed by atoms with Crippen LogP contribution in [0.3, 0.4) is 0 Å². The molecule has 0 amide bonds. The lowest BCUT2D eigenvalue weighted by Gasteiger charge is -2.15. The van der Waals surface area contributed by atoms with E-state index in [2.05, 4.69) is 20.8 Å². The van der Waals surface area contributed by atoms with E-state index >= 15 is 0 Å². The molecule has 0 heterocycles. The minimum Gasteiger partial charge on any atom is -0.393 e. The van der Waals surface area contributed by atoms with Crippen LogP contribution in [-0.2, 0) is 14.3 Å². The van der Waals surface area contributed by atoms with Crippen molar-refractivity contribution in [3.63, 3.8) is 0 Å². The predicted octanol–water partition coefficient (Wildman–Crippen LogP) is 19.5.